The van der Waals surface area contributed by atoms with Crippen molar-refractivity contribution >= 4 is 21.6 Å². The molecule has 0 aromatic heterocycles. The highest BCUT2D eigenvalue weighted by Crippen LogP contribution is 2.32. The van der Waals surface area contributed by atoms with Gasteiger partial charge in [0.1, 0.15) is 13.2 Å². The normalized spacial score (nSPS) is 14.6. The summed E-state index contributed by atoms with van der Waals surface area (Å²) < 4.78 is 12.0. The number of hydrogen-bond donors (Lipinski definition) is 2. The molecule has 0 saturated carbocycles. The summed E-state index contributed by atoms with van der Waals surface area (Å²) in [6.45, 7) is 1.54. The largest absolute Gasteiger partial charge is 0.486 e. The summed E-state index contributed by atoms with van der Waals surface area (Å²) >= 11 is 3.42. The Morgan fingerprint density at radius 3 is 2.71 bits per heavy atom. The van der Waals surface area contributed by atoms with E-state index in [1.807, 2.05) is 42.5 Å². The van der Waals surface area contributed by atoms with Crippen molar-refractivity contribution in [3.8, 4) is 11.5 Å². The lowest BCUT2D eigenvalue weighted by molar-refractivity contribution is 0.167. The van der Waals surface area contributed by atoms with Crippen LogP contribution >= 0.6 is 15.9 Å². The minimum atomic E-state index is -0.611. The Morgan fingerprint density at radius 1 is 1.10 bits per heavy atom. The van der Waals surface area contributed by atoms with Gasteiger partial charge in [-0.3, -0.25) is 0 Å². The monoisotopic (exact) mass is 349 g/mol. The average molecular weight is 350 g/mol. The maximum absolute atomic E-state index is 10.3. The molecule has 1 unspecified atom stereocenters. The number of hydrogen-bond acceptors (Lipinski definition) is 4. The molecule has 21 heavy (non-hydrogen) atoms. The third-order valence-corrected chi connectivity index (χ3v) is 3.77. The summed E-state index contributed by atoms with van der Waals surface area (Å²) in [5.74, 6) is 1.43. The molecule has 1 aliphatic rings. The van der Waals surface area contributed by atoms with Crippen LogP contribution in [-0.2, 0) is 0 Å². The fraction of sp³-hybridized carbons (Fsp3) is 0.250. The van der Waals surface area contributed by atoms with Crippen molar-refractivity contribution in [1.82, 2.24) is 0 Å². The summed E-state index contributed by atoms with van der Waals surface area (Å²) in [5, 5.41) is 13.5. The number of rotatable bonds is 4. The Morgan fingerprint density at radius 2 is 1.90 bits per heavy atom. The zero-order chi connectivity index (χ0) is 14.7. The van der Waals surface area contributed by atoms with E-state index < -0.39 is 6.10 Å². The minimum absolute atomic E-state index is 0.427. The van der Waals surface area contributed by atoms with E-state index in [1.54, 1.807) is 0 Å². The zero-order valence-corrected chi connectivity index (χ0v) is 13.0. The smallest absolute Gasteiger partial charge is 0.161 e. The first-order chi connectivity index (χ1) is 10.2. The van der Waals surface area contributed by atoms with Crippen LogP contribution in [0, 0.1) is 0 Å². The van der Waals surface area contributed by atoms with Gasteiger partial charge in [0.15, 0.2) is 11.5 Å². The Hall–Kier alpha value is -1.72. The zero-order valence-electron chi connectivity index (χ0n) is 11.4. The molecule has 4 nitrogen and oxygen atoms in total. The highest BCUT2D eigenvalue weighted by molar-refractivity contribution is 9.10. The van der Waals surface area contributed by atoms with Gasteiger partial charge >= 0.3 is 0 Å². The second-order valence-corrected chi connectivity index (χ2v) is 5.73. The first-order valence-corrected chi connectivity index (χ1v) is 7.59. The maximum atomic E-state index is 10.3. The number of aliphatic hydroxyl groups excluding tert-OH is 1. The summed E-state index contributed by atoms with van der Waals surface area (Å²) in [6.07, 6.45) is -0.611. The molecule has 2 N–H and O–H groups in total. The van der Waals surface area contributed by atoms with Crippen LogP contribution in [0.25, 0.3) is 0 Å². The van der Waals surface area contributed by atoms with Crippen molar-refractivity contribution in [2.24, 2.45) is 0 Å². The van der Waals surface area contributed by atoms with E-state index in [0.717, 1.165) is 21.5 Å². The molecule has 2 aromatic rings. The molecule has 0 amide bonds. The molecular formula is C16H16BrNO3. The average Bonchev–Trinajstić information content (AvgIpc) is 2.52. The van der Waals surface area contributed by atoms with Crippen molar-refractivity contribution in [2.45, 2.75) is 6.10 Å². The standard InChI is InChI=1S/C16H16BrNO3/c17-12-2-1-3-13(9-12)18-10-14(19)11-4-5-15-16(8-11)21-7-6-20-15/h1-5,8-9,14,18-19H,6-7,10H2. The van der Waals surface area contributed by atoms with E-state index in [9.17, 15) is 5.11 Å². The Bertz CT molecular complexity index is 633. The van der Waals surface area contributed by atoms with E-state index in [-0.39, 0.29) is 0 Å². The van der Waals surface area contributed by atoms with E-state index in [0.29, 0.717) is 25.5 Å². The van der Waals surface area contributed by atoms with Crippen LogP contribution < -0.4 is 14.8 Å². The predicted octanol–water partition coefficient (Wildman–Crippen LogP) is 3.37. The van der Waals surface area contributed by atoms with Gasteiger partial charge in [-0.2, -0.15) is 0 Å². The topological polar surface area (TPSA) is 50.7 Å². The number of fused-ring (bicyclic) bond motifs is 1. The fourth-order valence-corrected chi connectivity index (χ4v) is 2.60. The van der Waals surface area contributed by atoms with Crippen molar-refractivity contribution < 1.29 is 14.6 Å². The Kier molecular flexibility index (Phi) is 4.31. The molecule has 0 spiro atoms. The molecule has 1 atom stereocenters. The van der Waals surface area contributed by atoms with Crippen molar-refractivity contribution in [2.75, 3.05) is 25.1 Å². The second-order valence-electron chi connectivity index (χ2n) is 4.81. The Balaban J connectivity index is 1.66. The van der Waals surface area contributed by atoms with Crippen molar-refractivity contribution in [3.63, 3.8) is 0 Å². The third-order valence-electron chi connectivity index (χ3n) is 3.28. The molecule has 2 aromatic carbocycles. The van der Waals surface area contributed by atoms with Crippen molar-refractivity contribution in [1.29, 1.82) is 0 Å². The van der Waals surface area contributed by atoms with Gasteiger partial charge < -0.3 is 19.9 Å². The van der Waals surface area contributed by atoms with E-state index in [4.69, 9.17) is 9.47 Å². The van der Waals surface area contributed by atoms with E-state index in [2.05, 4.69) is 21.2 Å². The van der Waals surface area contributed by atoms with Crippen LogP contribution in [-0.4, -0.2) is 24.9 Å². The molecule has 0 aliphatic carbocycles. The molecule has 0 radical (unpaired) electrons. The second kappa shape index (κ2) is 6.37. The molecule has 0 bridgehead atoms. The quantitative estimate of drug-likeness (QED) is 0.888. The number of nitrogens with one attached hydrogen (secondary N) is 1. The molecular weight excluding hydrogens is 334 g/mol. The van der Waals surface area contributed by atoms with E-state index >= 15 is 0 Å². The molecule has 1 heterocycles. The van der Waals surface area contributed by atoms with Crippen LogP contribution in [0.1, 0.15) is 11.7 Å². The van der Waals surface area contributed by atoms with Crippen LogP contribution in [0.15, 0.2) is 46.9 Å². The molecule has 0 saturated heterocycles. The summed E-state index contributed by atoms with van der Waals surface area (Å²) in [4.78, 5) is 0. The molecule has 0 fully saturated rings. The lowest BCUT2D eigenvalue weighted by Gasteiger charge is -2.20. The number of ether oxygens (including phenoxy) is 2. The Labute approximate surface area is 131 Å². The summed E-state index contributed by atoms with van der Waals surface area (Å²) in [5.41, 5.74) is 1.77. The van der Waals surface area contributed by atoms with Gasteiger partial charge in [0, 0.05) is 16.7 Å². The summed E-state index contributed by atoms with van der Waals surface area (Å²) in [7, 11) is 0. The van der Waals surface area contributed by atoms with Crippen LogP contribution in [0.5, 0.6) is 11.5 Å². The molecule has 110 valence electrons. The van der Waals surface area contributed by atoms with Gasteiger partial charge in [0.05, 0.1) is 6.10 Å². The van der Waals surface area contributed by atoms with Gasteiger partial charge in [-0.25, -0.2) is 0 Å². The third kappa shape index (κ3) is 3.49. The van der Waals surface area contributed by atoms with Crippen LogP contribution in [0.4, 0.5) is 5.69 Å². The van der Waals surface area contributed by atoms with Crippen LogP contribution in [0.3, 0.4) is 0 Å². The highest BCUT2D eigenvalue weighted by Gasteiger charge is 2.15. The van der Waals surface area contributed by atoms with Gasteiger partial charge in [-0.15, -0.1) is 0 Å². The minimum Gasteiger partial charge on any atom is -0.486 e. The lowest BCUT2D eigenvalue weighted by Crippen LogP contribution is -2.16. The van der Waals surface area contributed by atoms with Gasteiger partial charge in [0.2, 0.25) is 0 Å². The molecule has 3 rings (SSSR count). The predicted molar refractivity (Wildman–Crippen MR) is 85.0 cm³/mol. The number of anilines is 1. The van der Waals surface area contributed by atoms with Crippen molar-refractivity contribution in [3.05, 3.63) is 52.5 Å². The van der Waals surface area contributed by atoms with Gasteiger partial charge in [0.25, 0.3) is 0 Å². The maximum Gasteiger partial charge on any atom is 0.161 e. The van der Waals surface area contributed by atoms with Gasteiger partial charge in [-0.05, 0) is 35.9 Å². The first-order valence-electron chi connectivity index (χ1n) is 6.79. The summed E-state index contributed by atoms with van der Waals surface area (Å²) in [6, 6.07) is 13.4. The number of aliphatic hydroxyl groups is 1. The first kappa shape index (κ1) is 14.2. The number of benzene rings is 2. The SMILES string of the molecule is OC(CNc1cccc(Br)c1)c1ccc2c(c1)OCCO2. The van der Waals surface area contributed by atoms with Gasteiger partial charge in [-0.1, -0.05) is 28.1 Å². The molecule has 1 aliphatic heterocycles. The van der Waals surface area contributed by atoms with Crippen LogP contribution in [0.2, 0.25) is 0 Å². The lowest BCUT2D eigenvalue weighted by atomic mass is 10.1. The molecule has 5 heteroatoms. The fourth-order valence-electron chi connectivity index (χ4n) is 2.20. The highest BCUT2D eigenvalue weighted by atomic mass is 79.9. The van der Waals surface area contributed by atoms with E-state index in [1.165, 1.54) is 0 Å². The number of halogens is 1.